The average Bonchev–Trinajstić information content (AvgIpc) is 2.55. The molecule has 3 rings (SSSR count). The Balaban J connectivity index is 1.71. The molecule has 144 valence electrons. The van der Waals surface area contributed by atoms with Gasteiger partial charge < -0.3 is 14.2 Å². The summed E-state index contributed by atoms with van der Waals surface area (Å²) in [5.41, 5.74) is 1.23. The SMILES string of the molecule is CC(C)(C)OC(=O)Cc1cc(F)ccc1C1CCC2(CCOCC2)CO1. The number of benzene rings is 1. The van der Waals surface area contributed by atoms with Crippen LogP contribution in [0, 0.1) is 11.2 Å². The van der Waals surface area contributed by atoms with Gasteiger partial charge in [0.2, 0.25) is 0 Å². The van der Waals surface area contributed by atoms with Gasteiger partial charge in [-0.1, -0.05) is 6.07 Å². The highest BCUT2D eigenvalue weighted by atomic mass is 19.1. The van der Waals surface area contributed by atoms with Crippen molar-refractivity contribution < 1.29 is 23.4 Å². The molecule has 1 aromatic rings. The number of hydrogen-bond donors (Lipinski definition) is 0. The van der Waals surface area contributed by atoms with Crippen molar-refractivity contribution in [2.24, 2.45) is 5.41 Å². The monoisotopic (exact) mass is 364 g/mol. The molecule has 2 heterocycles. The smallest absolute Gasteiger partial charge is 0.310 e. The average molecular weight is 364 g/mol. The Morgan fingerprint density at radius 3 is 2.62 bits per heavy atom. The first-order chi connectivity index (χ1) is 12.3. The molecule has 0 aromatic heterocycles. The molecule has 26 heavy (non-hydrogen) atoms. The van der Waals surface area contributed by atoms with Crippen LogP contribution in [0.1, 0.15) is 63.7 Å². The largest absolute Gasteiger partial charge is 0.460 e. The zero-order valence-corrected chi connectivity index (χ0v) is 16.0. The summed E-state index contributed by atoms with van der Waals surface area (Å²) in [6, 6.07) is 4.62. The summed E-state index contributed by atoms with van der Waals surface area (Å²) in [6.45, 7) is 7.78. The predicted molar refractivity (Wildman–Crippen MR) is 96.4 cm³/mol. The van der Waals surface area contributed by atoms with Gasteiger partial charge in [-0.25, -0.2) is 4.39 Å². The topological polar surface area (TPSA) is 44.8 Å². The van der Waals surface area contributed by atoms with Crippen LogP contribution < -0.4 is 0 Å². The molecule has 0 radical (unpaired) electrons. The third-order valence-corrected chi connectivity index (χ3v) is 5.29. The molecule has 1 atom stereocenters. The van der Waals surface area contributed by atoms with Crippen molar-refractivity contribution in [2.45, 2.75) is 64.6 Å². The number of hydrogen-bond acceptors (Lipinski definition) is 4. The summed E-state index contributed by atoms with van der Waals surface area (Å²) in [5, 5.41) is 0. The van der Waals surface area contributed by atoms with Crippen molar-refractivity contribution >= 4 is 5.97 Å². The summed E-state index contributed by atoms with van der Waals surface area (Å²) < 4.78 is 30.8. The summed E-state index contributed by atoms with van der Waals surface area (Å²) in [7, 11) is 0. The molecule has 0 saturated carbocycles. The second kappa shape index (κ2) is 7.65. The van der Waals surface area contributed by atoms with Crippen molar-refractivity contribution in [3.8, 4) is 0 Å². The van der Waals surface area contributed by atoms with Crippen molar-refractivity contribution in [3.05, 3.63) is 35.1 Å². The van der Waals surface area contributed by atoms with E-state index in [2.05, 4.69) is 0 Å². The molecule has 5 heteroatoms. The van der Waals surface area contributed by atoms with Crippen LogP contribution in [0.4, 0.5) is 4.39 Å². The van der Waals surface area contributed by atoms with Gasteiger partial charge in [0.05, 0.1) is 19.1 Å². The van der Waals surface area contributed by atoms with E-state index in [0.717, 1.165) is 44.5 Å². The lowest BCUT2D eigenvalue weighted by atomic mass is 9.74. The first-order valence-corrected chi connectivity index (χ1v) is 9.46. The molecule has 1 spiro atoms. The first kappa shape index (κ1) is 19.3. The molecule has 2 aliphatic heterocycles. The maximum atomic E-state index is 13.8. The minimum Gasteiger partial charge on any atom is -0.460 e. The molecule has 0 N–H and O–H groups in total. The van der Waals surface area contributed by atoms with Crippen LogP contribution in [0.5, 0.6) is 0 Å². The van der Waals surface area contributed by atoms with Crippen LogP contribution in [0.15, 0.2) is 18.2 Å². The second-order valence-electron chi connectivity index (χ2n) is 8.56. The normalized spacial score (nSPS) is 23.0. The van der Waals surface area contributed by atoms with Crippen LogP contribution >= 0.6 is 0 Å². The van der Waals surface area contributed by atoms with E-state index in [4.69, 9.17) is 14.2 Å². The van der Waals surface area contributed by atoms with E-state index in [1.165, 1.54) is 12.1 Å². The number of halogens is 1. The van der Waals surface area contributed by atoms with E-state index in [-0.39, 0.29) is 29.7 Å². The quantitative estimate of drug-likeness (QED) is 0.748. The zero-order chi connectivity index (χ0) is 18.8. The fourth-order valence-electron chi connectivity index (χ4n) is 3.89. The lowest BCUT2D eigenvalue weighted by Gasteiger charge is -2.43. The standard InChI is InChI=1S/C21H29FO4/c1-20(2,3)26-19(23)13-15-12-16(22)4-5-17(15)18-6-7-21(14-25-18)8-10-24-11-9-21/h4-5,12,18H,6-11,13-14H2,1-3H3. The second-order valence-corrected chi connectivity index (χ2v) is 8.56. The molecule has 0 amide bonds. The van der Waals surface area contributed by atoms with Gasteiger partial charge in [0.25, 0.3) is 0 Å². The van der Waals surface area contributed by atoms with Gasteiger partial charge in [0, 0.05) is 13.2 Å². The maximum absolute atomic E-state index is 13.8. The number of esters is 1. The lowest BCUT2D eigenvalue weighted by molar-refractivity contribution is -0.154. The Hall–Kier alpha value is -1.46. The maximum Gasteiger partial charge on any atom is 0.310 e. The van der Waals surface area contributed by atoms with Gasteiger partial charge in [0.15, 0.2) is 0 Å². The third kappa shape index (κ3) is 4.83. The molecule has 0 aliphatic carbocycles. The summed E-state index contributed by atoms with van der Waals surface area (Å²) in [5.74, 6) is -0.690. The Morgan fingerprint density at radius 1 is 1.27 bits per heavy atom. The van der Waals surface area contributed by atoms with Gasteiger partial charge in [-0.15, -0.1) is 0 Å². The summed E-state index contributed by atoms with van der Waals surface area (Å²) in [4.78, 5) is 12.2. The van der Waals surface area contributed by atoms with Gasteiger partial charge >= 0.3 is 5.97 Å². The zero-order valence-electron chi connectivity index (χ0n) is 16.0. The van der Waals surface area contributed by atoms with Crippen LogP contribution in [0.25, 0.3) is 0 Å². The van der Waals surface area contributed by atoms with Crippen LogP contribution in [0.3, 0.4) is 0 Å². The highest BCUT2D eigenvalue weighted by Gasteiger charge is 2.38. The minimum atomic E-state index is -0.554. The Morgan fingerprint density at radius 2 is 2.00 bits per heavy atom. The molecule has 2 saturated heterocycles. The number of ether oxygens (including phenoxy) is 3. The molecule has 1 unspecified atom stereocenters. The van der Waals surface area contributed by atoms with E-state index in [1.54, 1.807) is 6.07 Å². The Kier molecular flexibility index (Phi) is 5.68. The molecular formula is C21H29FO4. The molecule has 1 aromatic carbocycles. The first-order valence-electron chi connectivity index (χ1n) is 9.46. The van der Waals surface area contributed by atoms with E-state index >= 15 is 0 Å². The summed E-state index contributed by atoms with van der Waals surface area (Å²) >= 11 is 0. The molecular weight excluding hydrogens is 335 g/mol. The van der Waals surface area contributed by atoms with Crippen LogP contribution in [-0.4, -0.2) is 31.4 Å². The lowest BCUT2D eigenvalue weighted by Crippen LogP contribution is -2.38. The molecule has 2 aliphatic rings. The molecule has 0 bridgehead atoms. The van der Waals surface area contributed by atoms with E-state index in [9.17, 15) is 9.18 Å². The van der Waals surface area contributed by atoms with Crippen LogP contribution in [-0.2, 0) is 25.4 Å². The predicted octanol–water partition coefficient (Wildman–Crippen LogP) is 4.36. The van der Waals surface area contributed by atoms with Gasteiger partial charge in [-0.05, 0) is 75.1 Å². The minimum absolute atomic E-state index is 0.0587. The third-order valence-electron chi connectivity index (χ3n) is 5.29. The van der Waals surface area contributed by atoms with Crippen molar-refractivity contribution in [1.29, 1.82) is 0 Å². The van der Waals surface area contributed by atoms with Crippen molar-refractivity contribution in [2.75, 3.05) is 19.8 Å². The van der Waals surface area contributed by atoms with Crippen molar-refractivity contribution in [1.82, 2.24) is 0 Å². The van der Waals surface area contributed by atoms with Crippen LogP contribution in [0.2, 0.25) is 0 Å². The molecule has 2 fully saturated rings. The fraction of sp³-hybridized carbons (Fsp3) is 0.667. The number of carbonyl (C=O) groups excluding carboxylic acids is 1. The summed E-state index contributed by atoms with van der Waals surface area (Å²) in [6.07, 6.45) is 3.99. The van der Waals surface area contributed by atoms with Gasteiger partial charge in [-0.2, -0.15) is 0 Å². The molecule has 4 nitrogen and oxygen atoms in total. The highest BCUT2D eigenvalue weighted by Crippen LogP contribution is 2.44. The Bertz CT molecular complexity index is 634. The van der Waals surface area contributed by atoms with Gasteiger partial charge in [-0.3, -0.25) is 4.79 Å². The fourth-order valence-corrected chi connectivity index (χ4v) is 3.89. The number of rotatable bonds is 3. The van der Waals surface area contributed by atoms with E-state index in [1.807, 2.05) is 20.8 Å². The van der Waals surface area contributed by atoms with Crippen molar-refractivity contribution in [3.63, 3.8) is 0 Å². The van der Waals surface area contributed by atoms with Gasteiger partial charge in [0.1, 0.15) is 11.4 Å². The van der Waals surface area contributed by atoms with E-state index in [0.29, 0.717) is 12.2 Å². The highest BCUT2D eigenvalue weighted by molar-refractivity contribution is 5.73. The number of carbonyl (C=O) groups is 1. The Labute approximate surface area is 155 Å². The van der Waals surface area contributed by atoms with E-state index < -0.39 is 5.60 Å².